The van der Waals surface area contributed by atoms with Crippen LogP contribution in [0.15, 0.2) is 27.8 Å². The van der Waals surface area contributed by atoms with Crippen molar-refractivity contribution in [2.45, 2.75) is 19.5 Å². The number of nitrogens with two attached hydrogens (primary N) is 1. The van der Waals surface area contributed by atoms with E-state index in [-0.39, 0.29) is 11.9 Å². The standard InChI is InChI=1S/C12H18BrN3O2/c1-8(12(14)15-17)16(2)7-9-6-10(13)4-5-11(9)18-3/h4-6,8,17H,7H2,1-3H3,(H2,14,15). The largest absolute Gasteiger partial charge is 0.496 e. The van der Waals surface area contributed by atoms with Gasteiger partial charge in [-0.3, -0.25) is 4.90 Å². The lowest BCUT2D eigenvalue weighted by atomic mass is 10.1. The zero-order valence-corrected chi connectivity index (χ0v) is 12.3. The molecule has 0 aliphatic heterocycles. The van der Waals surface area contributed by atoms with Gasteiger partial charge in [-0.1, -0.05) is 21.1 Å². The molecule has 1 aromatic carbocycles. The van der Waals surface area contributed by atoms with Crippen molar-refractivity contribution in [2.24, 2.45) is 10.9 Å². The minimum Gasteiger partial charge on any atom is -0.496 e. The highest BCUT2D eigenvalue weighted by Gasteiger charge is 2.16. The number of methoxy groups -OCH3 is 1. The van der Waals surface area contributed by atoms with Gasteiger partial charge >= 0.3 is 0 Å². The quantitative estimate of drug-likeness (QED) is 0.377. The van der Waals surface area contributed by atoms with E-state index in [1.54, 1.807) is 7.11 Å². The van der Waals surface area contributed by atoms with Gasteiger partial charge in [0.05, 0.1) is 13.2 Å². The van der Waals surface area contributed by atoms with Gasteiger partial charge in [-0.2, -0.15) is 0 Å². The topological polar surface area (TPSA) is 71.1 Å². The van der Waals surface area contributed by atoms with Crippen LogP contribution in [-0.4, -0.2) is 36.1 Å². The van der Waals surface area contributed by atoms with Crippen LogP contribution in [-0.2, 0) is 6.54 Å². The highest BCUT2D eigenvalue weighted by molar-refractivity contribution is 9.10. The Labute approximate surface area is 115 Å². The van der Waals surface area contributed by atoms with E-state index < -0.39 is 0 Å². The molecule has 1 aromatic rings. The van der Waals surface area contributed by atoms with E-state index in [0.29, 0.717) is 6.54 Å². The summed E-state index contributed by atoms with van der Waals surface area (Å²) in [5.41, 5.74) is 6.62. The molecule has 0 saturated carbocycles. The maximum atomic E-state index is 8.67. The van der Waals surface area contributed by atoms with Crippen LogP contribution >= 0.6 is 15.9 Å². The number of halogens is 1. The summed E-state index contributed by atoms with van der Waals surface area (Å²) >= 11 is 3.43. The van der Waals surface area contributed by atoms with E-state index in [1.807, 2.05) is 37.1 Å². The molecule has 5 nitrogen and oxygen atoms in total. The van der Waals surface area contributed by atoms with Gasteiger partial charge in [0.1, 0.15) is 5.75 Å². The number of rotatable bonds is 5. The van der Waals surface area contributed by atoms with Gasteiger partial charge in [0.25, 0.3) is 0 Å². The third-order valence-corrected chi connectivity index (χ3v) is 3.36. The van der Waals surface area contributed by atoms with Crippen LogP contribution in [0.4, 0.5) is 0 Å². The molecule has 100 valence electrons. The summed E-state index contributed by atoms with van der Waals surface area (Å²) in [5.74, 6) is 1.00. The first-order chi connectivity index (χ1) is 8.49. The minimum absolute atomic E-state index is 0.154. The molecule has 0 radical (unpaired) electrons. The molecular formula is C12H18BrN3O2. The molecule has 0 amide bonds. The van der Waals surface area contributed by atoms with Crippen molar-refractivity contribution < 1.29 is 9.94 Å². The van der Waals surface area contributed by atoms with Crippen molar-refractivity contribution in [1.82, 2.24) is 4.90 Å². The highest BCUT2D eigenvalue weighted by Crippen LogP contribution is 2.24. The van der Waals surface area contributed by atoms with Gasteiger partial charge in [0.15, 0.2) is 5.84 Å². The van der Waals surface area contributed by atoms with Gasteiger partial charge in [-0.05, 0) is 32.2 Å². The van der Waals surface area contributed by atoms with Crippen molar-refractivity contribution in [2.75, 3.05) is 14.2 Å². The summed E-state index contributed by atoms with van der Waals surface area (Å²) in [6, 6.07) is 5.67. The normalized spacial score (nSPS) is 13.7. The Bertz CT molecular complexity index is 437. The minimum atomic E-state index is -0.154. The smallest absolute Gasteiger partial charge is 0.156 e. The van der Waals surface area contributed by atoms with Crippen LogP contribution in [0, 0.1) is 0 Å². The van der Waals surface area contributed by atoms with Crippen molar-refractivity contribution in [3.8, 4) is 5.75 Å². The predicted octanol–water partition coefficient (Wildman–Crippen LogP) is 2.02. The summed E-state index contributed by atoms with van der Waals surface area (Å²) in [5, 5.41) is 11.7. The fourth-order valence-electron chi connectivity index (χ4n) is 1.59. The third-order valence-electron chi connectivity index (χ3n) is 2.87. The number of hydrogen-bond acceptors (Lipinski definition) is 4. The molecule has 0 heterocycles. The molecule has 1 rings (SSSR count). The zero-order valence-electron chi connectivity index (χ0n) is 10.7. The Kier molecular flexibility index (Phi) is 5.43. The summed E-state index contributed by atoms with van der Waals surface area (Å²) < 4.78 is 6.30. The van der Waals surface area contributed by atoms with Crippen LogP contribution in [0.1, 0.15) is 12.5 Å². The average molecular weight is 316 g/mol. The summed E-state index contributed by atoms with van der Waals surface area (Å²) in [6.45, 7) is 2.51. The summed E-state index contributed by atoms with van der Waals surface area (Å²) in [7, 11) is 3.54. The lowest BCUT2D eigenvalue weighted by Gasteiger charge is -2.24. The zero-order chi connectivity index (χ0) is 13.7. The Hall–Kier alpha value is -1.27. The van der Waals surface area contributed by atoms with E-state index in [2.05, 4.69) is 21.1 Å². The number of hydrogen-bond donors (Lipinski definition) is 2. The number of likely N-dealkylation sites (N-methyl/N-ethyl adjacent to an activating group) is 1. The molecule has 3 N–H and O–H groups in total. The number of benzene rings is 1. The Balaban J connectivity index is 2.87. The molecule has 0 aliphatic rings. The molecule has 6 heteroatoms. The average Bonchev–Trinajstić information content (AvgIpc) is 2.37. The fraction of sp³-hybridized carbons (Fsp3) is 0.417. The van der Waals surface area contributed by atoms with E-state index in [9.17, 15) is 0 Å². The number of amidine groups is 1. The second-order valence-electron chi connectivity index (χ2n) is 4.07. The Morgan fingerprint density at radius 3 is 2.83 bits per heavy atom. The first-order valence-electron chi connectivity index (χ1n) is 5.49. The van der Waals surface area contributed by atoms with Crippen LogP contribution in [0.25, 0.3) is 0 Å². The van der Waals surface area contributed by atoms with Crippen molar-refractivity contribution in [3.05, 3.63) is 28.2 Å². The van der Waals surface area contributed by atoms with E-state index in [1.165, 1.54) is 0 Å². The third kappa shape index (κ3) is 3.61. The lowest BCUT2D eigenvalue weighted by molar-refractivity contribution is 0.275. The maximum Gasteiger partial charge on any atom is 0.156 e. The second kappa shape index (κ2) is 6.61. The molecule has 18 heavy (non-hydrogen) atoms. The molecular weight excluding hydrogens is 298 g/mol. The monoisotopic (exact) mass is 315 g/mol. The van der Waals surface area contributed by atoms with Gasteiger partial charge in [-0.15, -0.1) is 0 Å². The van der Waals surface area contributed by atoms with E-state index in [4.69, 9.17) is 15.7 Å². The first-order valence-corrected chi connectivity index (χ1v) is 6.29. The van der Waals surface area contributed by atoms with Crippen molar-refractivity contribution >= 4 is 21.8 Å². The molecule has 0 saturated heterocycles. The molecule has 0 bridgehead atoms. The van der Waals surface area contributed by atoms with Crippen molar-refractivity contribution in [3.63, 3.8) is 0 Å². The van der Waals surface area contributed by atoms with Crippen LogP contribution < -0.4 is 10.5 Å². The number of nitrogens with zero attached hydrogens (tertiary/aromatic N) is 2. The highest BCUT2D eigenvalue weighted by atomic mass is 79.9. The molecule has 0 spiro atoms. The van der Waals surface area contributed by atoms with E-state index in [0.717, 1.165) is 15.8 Å². The molecule has 0 aromatic heterocycles. The fourth-order valence-corrected chi connectivity index (χ4v) is 1.99. The van der Waals surface area contributed by atoms with Gasteiger partial charge < -0.3 is 15.7 Å². The van der Waals surface area contributed by atoms with Crippen molar-refractivity contribution in [1.29, 1.82) is 0 Å². The first kappa shape index (κ1) is 14.8. The maximum absolute atomic E-state index is 8.67. The van der Waals surface area contributed by atoms with E-state index >= 15 is 0 Å². The summed E-state index contributed by atoms with van der Waals surface area (Å²) in [4.78, 5) is 1.97. The number of ether oxygens (including phenoxy) is 1. The SMILES string of the molecule is COc1ccc(Br)cc1CN(C)C(C)C(N)=NO. The predicted molar refractivity (Wildman–Crippen MR) is 75.0 cm³/mol. The molecule has 1 unspecified atom stereocenters. The van der Waals surface area contributed by atoms with Gasteiger partial charge in [-0.25, -0.2) is 0 Å². The van der Waals surface area contributed by atoms with Crippen LogP contribution in [0.2, 0.25) is 0 Å². The molecule has 0 aliphatic carbocycles. The van der Waals surface area contributed by atoms with Gasteiger partial charge in [0.2, 0.25) is 0 Å². The molecule has 0 fully saturated rings. The second-order valence-corrected chi connectivity index (χ2v) is 4.99. The lowest BCUT2D eigenvalue weighted by Crippen LogP contribution is -2.40. The van der Waals surface area contributed by atoms with Crippen LogP contribution in [0.3, 0.4) is 0 Å². The Morgan fingerprint density at radius 1 is 1.61 bits per heavy atom. The Morgan fingerprint density at radius 2 is 2.28 bits per heavy atom. The van der Waals surface area contributed by atoms with Crippen LogP contribution in [0.5, 0.6) is 5.75 Å². The summed E-state index contributed by atoms with van der Waals surface area (Å²) in [6.07, 6.45) is 0. The molecule has 1 atom stereocenters. The van der Waals surface area contributed by atoms with Gasteiger partial charge in [0, 0.05) is 16.6 Å². The number of oxime groups is 1.